The van der Waals surface area contributed by atoms with Crippen molar-refractivity contribution in [3.8, 4) is 11.3 Å². The summed E-state index contributed by atoms with van der Waals surface area (Å²) in [5.41, 5.74) is 16.2. The number of nitrogens with zero attached hydrogens (tertiary/aromatic N) is 4. The second-order valence-corrected chi connectivity index (χ2v) is 3.70. The molecule has 2 aromatic rings. The zero-order valence-corrected chi connectivity index (χ0v) is 8.48. The summed E-state index contributed by atoms with van der Waals surface area (Å²) in [5.74, 6) is 0. The Morgan fingerprint density at radius 3 is 2.60 bits per heavy atom. The molecule has 0 saturated heterocycles. The van der Waals surface area contributed by atoms with E-state index in [1.165, 1.54) is 11.3 Å². The third-order valence-corrected chi connectivity index (χ3v) is 2.52. The van der Waals surface area contributed by atoms with Gasteiger partial charge < -0.3 is 5.73 Å². The lowest BCUT2D eigenvalue weighted by Crippen LogP contribution is -1.82. The maximum absolute atomic E-state index is 8.24. The van der Waals surface area contributed by atoms with E-state index in [0.29, 0.717) is 10.8 Å². The molecule has 0 aliphatic heterocycles. The minimum absolute atomic E-state index is 0.545. The SMILES string of the molecule is [N-]=[N+]=Nc1ccc(-c2csc(N)n2)cc1. The second kappa shape index (κ2) is 4.00. The van der Waals surface area contributed by atoms with Crippen molar-refractivity contribution in [3.63, 3.8) is 0 Å². The highest BCUT2D eigenvalue weighted by atomic mass is 32.1. The van der Waals surface area contributed by atoms with Crippen LogP contribution >= 0.6 is 11.3 Å². The fraction of sp³-hybridized carbons (Fsp3) is 0. The lowest BCUT2D eigenvalue weighted by atomic mass is 10.1. The predicted octanol–water partition coefficient (Wildman–Crippen LogP) is 3.33. The van der Waals surface area contributed by atoms with E-state index in [2.05, 4.69) is 15.0 Å². The molecule has 1 aromatic heterocycles. The van der Waals surface area contributed by atoms with E-state index >= 15 is 0 Å². The van der Waals surface area contributed by atoms with Crippen LogP contribution in [-0.2, 0) is 0 Å². The summed E-state index contributed by atoms with van der Waals surface area (Å²) in [7, 11) is 0. The number of rotatable bonds is 2. The van der Waals surface area contributed by atoms with Gasteiger partial charge in [0.05, 0.1) is 5.69 Å². The maximum Gasteiger partial charge on any atom is 0.180 e. The van der Waals surface area contributed by atoms with Crippen molar-refractivity contribution in [2.24, 2.45) is 5.11 Å². The van der Waals surface area contributed by atoms with E-state index in [-0.39, 0.29) is 0 Å². The Morgan fingerprint density at radius 1 is 1.33 bits per heavy atom. The fourth-order valence-corrected chi connectivity index (χ4v) is 1.74. The lowest BCUT2D eigenvalue weighted by molar-refractivity contribution is 1.40. The zero-order chi connectivity index (χ0) is 10.7. The molecule has 74 valence electrons. The molecule has 0 aliphatic rings. The van der Waals surface area contributed by atoms with E-state index < -0.39 is 0 Å². The van der Waals surface area contributed by atoms with Gasteiger partial charge in [-0.3, -0.25) is 0 Å². The molecule has 2 N–H and O–H groups in total. The van der Waals surface area contributed by atoms with Crippen molar-refractivity contribution in [1.29, 1.82) is 0 Å². The Balaban J connectivity index is 2.35. The number of nitrogen functional groups attached to an aromatic ring is 1. The smallest absolute Gasteiger partial charge is 0.180 e. The molecule has 0 atom stereocenters. The van der Waals surface area contributed by atoms with E-state index in [1.807, 2.05) is 17.5 Å². The minimum Gasteiger partial charge on any atom is -0.375 e. The first-order valence-corrected chi connectivity index (χ1v) is 5.04. The minimum atomic E-state index is 0.545. The Morgan fingerprint density at radius 2 is 2.07 bits per heavy atom. The first-order valence-electron chi connectivity index (χ1n) is 4.16. The highest BCUT2D eigenvalue weighted by Crippen LogP contribution is 2.25. The van der Waals surface area contributed by atoms with Crippen LogP contribution in [0.2, 0.25) is 0 Å². The van der Waals surface area contributed by atoms with Crippen molar-refractivity contribution in [2.45, 2.75) is 0 Å². The topological polar surface area (TPSA) is 87.7 Å². The quantitative estimate of drug-likeness (QED) is 0.475. The summed E-state index contributed by atoms with van der Waals surface area (Å²) >= 11 is 1.40. The number of thiazole rings is 1. The number of azide groups is 1. The van der Waals surface area contributed by atoms with E-state index in [1.54, 1.807) is 12.1 Å². The van der Waals surface area contributed by atoms with Crippen LogP contribution in [0.3, 0.4) is 0 Å². The molecule has 0 amide bonds. The largest absolute Gasteiger partial charge is 0.375 e. The Bertz CT molecular complexity index is 510. The van der Waals surface area contributed by atoms with Gasteiger partial charge in [-0.05, 0) is 5.53 Å². The zero-order valence-electron chi connectivity index (χ0n) is 7.66. The monoisotopic (exact) mass is 217 g/mol. The van der Waals surface area contributed by atoms with Gasteiger partial charge >= 0.3 is 0 Å². The highest BCUT2D eigenvalue weighted by molar-refractivity contribution is 7.13. The normalized spacial score (nSPS) is 9.60. The van der Waals surface area contributed by atoms with Gasteiger partial charge in [-0.2, -0.15) is 0 Å². The molecule has 0 unspecified atom stereocenters. The summed E-state index contributed by atoms with van der Waals surface area (Å²) in [5, 5.41) is 5.92. The molecule has 1 heterocycles. The number of benzene rings is 1. The molecule has 0 bridgehead atoms. The number of aromatic nitrogens is 1. The second-order valence-electron chi connectivity index (χ2n) is 2.81. The van der Waals surface area contributed by atoms with Gasteiger partial charge in [0.15, 0.2) is 5.13 Å². The average Bonchev–Trinajstić information content (AvgIpc) is 2.67. The van der Waals surface area contributed by atoms with E-state index in [4.69, 9.17) is 11.3 Å². The molecule has 0 saturated carbocycles. The van der Waals surface area contributed by atoms with Crippen LogP contribution in [0.4, 0.5) is 10.8 Å². The molecular weight excluding hydrogens is 210 g/mol. The number of nitrogens with two attached hydrogens (primary N) is 1. The number of hydrogen-bond donors (Lipinski definition) is 1. The first kappa shape index (κ1) is 9.51. The van der Waals surface area contributed by atoms with Crippen molar-refractivity contribution >= 4 is 22.2 Å². The molecular formula is C9H7N5S. The van der Waals surface area contributed by atoms with Gasteiger partial charge in [0.2, 0.25) is 0 Å². The molecule has 6 heteroatoms. The van der Waals surface area contributed by atoms with E-state index in [9.17, 15) is 0 Å². The summed E-state index contributed by atoms with van der Waals surface area (Å²) < 4.78 is 0. The average molecular weight is 217 g/mol. The molecule has 0 spiro atoms. The third-order valence-electron chi connectivity index (χ3n) is 1.85. The van der Waals surface area contributed by atoms with E-state index in [0.717, 1.165) is 11.3 Å². The van der Waals surface area contributed by atoms with Gasteiger partial charge in [0.25, 0.3) is 0 Å². The van der Waals surface area contributed by atoms with Crippen LogP contribution in [0.15, 0.2) is 34.8 Å². The van der Waals surface area contributed by atoms with Gasteiger partial charge in [-0.25, -0.2) is 4.98 Å². The Hall–Kier alpha value is -2.04. The van der Waals surface area contributed by atoms with Crippen LogP contribution in [0.1, 0.15) is 0 Å². The van der Waals surface area contributed by atoms with Crippen LogP contribution in [0.5, 0.6) is 0 Å². The summed E-state index contributed by atoms with van der Waals surface area (Å²) in [6.45, 7) is 0. The Kier molecular flexibility index (Phi) is 2.53. The van der Waals surface area contributed by atoms with Crippen molar-refractivity contribution in [2.75, 3.05) is 5.73 Å². The molecule has 1 aromatic carbocycles. The standard InChI is InChI=1S/C9H7N5S/c10-9-12-8(5-15-9)6-1-3-7(4-2-6)13-14-11/h1-5H,(H2,10,12). The highest BCUT2D eigenvalue weighted by Gasteiger charge is 2.01. The molecule has 5 nitrogen and oxygen atoms in total. The van der Waals surface area contributed by atoms with Crippen molar-refractivity contribution in [3.05, 3.63) is 40.1 Å². The van der Waals surface area contributed by atoms with Gasteiger partial charge in [0.1, 0.15) is 0 Å². The van der Waals surface area contributed by atoms with Crippen molar-refractivity contribution < 1.29 is 0 Å². The van der Waals surface area contributed by atoms with Gasteiger partial charge in [-0.15, -0.1) is 11.3 Å². The summed E-state index contributed by atoms with van der Waals surface area (Å²) in [6, 6.07) is 7.17. The van der Waals surface area contributed by atoms with Gasteiger partial charge in [-0.1, -0.05) is 29.4 Å². The molecule has 0 aliphatic carbocycles. The maximum atomic E-state index is 8.24. The van der Waals surface area contributed by atoms with Crippen LogP contribution in [-0.4, -0.2) is 4.98 Å². The van der Waals surface area contributed by atoms with Crippen LogP contribution in [0, 0.1) is 0 Å². The molecule has 0 fully saturated rings. The molecule has 15 heavy (non-hydrogen) atoms. The van der Waals surface area contributed by atoms with Crippen molar-refractivity contribution in [1.82, 2.24) is 4.98 Å². The first-order chi connectivity index (χ1) is 7.29. The third kappa shape index (κ3) is 2.07. The van der Waals surface area contributed by atoms with Gasteiger partial charge in [0, 0.05) is 21.5 Å². The molecule has 0 radical (unpaired) electrons. The summed E-state index contributed by atoms with van der Waals surface area (Å²) in [6.07, 6.45) is 0. The van der Waals surface area contributed by atoms with Crippen LogP contribution in [0.25, 0.3) is 21.7 Å². The number of hydrogen-bond acceptors (Lipinski definition) is 4. The number of anilines is 1. The Labute approximate surface area is 89.8 Å². The molecule has 2 rings (SSSR count). The van der Waals surface area contributed by atoms with Crippen LogP contribution < -0.4 is 5.73 Å². The fourth-order valence-electron chi connectivity index (χ4n) is 1.17. The predicted molar refractivity (Wildman–Crippen MR) is 60.8 cm³/mol. The lowest BCUT2D eigenvalue weighted by Gasteiger charge is -1.96. The summed E-state index contributed by atoms with van der Waals surface area (Å²) in [4.78, 5) is 6.85.